The molecule has 0 fully saturated rings. The number of pyridine rings is 1. The fourth-order valence-corrected chi connectivity index (χ4v) is 2.49. The van der Waals surface area contributed by atoms with E-state index in [4.69, 9.17) is 4.74 Å². The summed E-state index contributed by atoms with van der Waals surface area (Å²) in [6, 6.07) is 15.6. The fourth-order valence-electron chi connectivity index (χ4n) is 2.49. The minimum Gasteiger partial charge on any atom is -0.489 e. The number of aryl methyl sites for hydroxylation is 2. The van der Waals surface area contributed by atoms with Crippen LogP contribution in [0.2, 0.25) is 0 Å². The topological polar surface area (TPSA) is 42.1 Å². The van der Waals surface area contributed by atoms with E-state index in [-0.39, 0.29) is 5.56 Å². The number of fused-ring (bicyclic) bond motifs is 1. The smallest absolute Gasteiger partial charge is 0.248 e. The third kappa shape index (κ3) is 2.82. The van der Waals surface area contributed by atoms with Gasteiger partial charge in [0.2, 0.25) is 5.56 Å². The van der Waals surface area contributed by atoms with Gasteiger partial charge in [0, 0.05) is 11.5 Å². The molecule has 0 bridgehead atoms. The second-order valence-electron chi connectivity index (χ2n) is 5.25. The molecule has 0 amide bonds. The van der Waals surface area contributed by atoms with Crippen LogP contribution in [0.1, 0.15) is 16.7 Å². The van der Waals surface area contributed by atoms with Crippen molar-refractivity contribution in [1.29, 1.82) is 0 Å². The van der Waals surface area contributed by atoms with Gasteiger partial charge >= 0.3 is 0 Å². The number of hydrogen-bond donors (Lipinski definition) is 1. The molecule has 0 radical (unpaired) electrons. The maximum absolute atomic E-state index is 11.6. The maximum Gasteiger partial charge on any atom is 0.248 e. The van der Waals surface area contributed by atoms with Gasteiger partial charge in [0.25, 0.3) is 0 Å². The highest BCUT2D eigenvalue weighted by molar-refractivity contribution is 5.86. The molecule has 0 aliphatic carbocycles. The number of nitrogens with one attached hydrogen (secondary N) is 1. The van der Waals surface area contributed by atoms with Gasteiger partial charge in [-0.2, -0.15) is 0 Å². The Morgan fingerprint density at radius 2 is 1.76 bits per heavy atom. The molecule has 1 aromatic heterocycles. The molecule has 0 saturated heterocycles. The molecule has 0 aliphatic rings. The van der Waals surface area contributed by atoms with Crippen molar-refractivity contribution in [2.75, 3.05) is 0 Å². The Bertz CT molecular complexity index is 835. The summed E-state index contributed by atoms with van der Waals surface area (Å²) >= 11 is 0. The Balaban J connectivity index is 1.95. The van der Waals surface area contributed by atoms with E-state index in [9.17, 15) is 4.79 Å². The second-order valence-corrected chi connectivity index (χ2v) is 5.25. The fraction of sp³-hybridized carbons (Fsp3) is 0.167. The van der Waals surface area contributed by atoms with Crippen LogP contribution in [0.25, 0.3) is 10.9 Å². The van der Waals surface area contributed by atoms with Crippen molar-refractivity contribution < 1.29 is 4.74 Å². The van der Waals surface area contributed by atoms with Crippen molar-refractivity contribution in [3.8, 4) is 5.75 Å². The average Bonchev–Trinajstić information content (AvgIpc) is 2.47. The van der Waals surface area contributed by atoms with Gasteiger partial charge in [-0.15, -0.1) is 0 Å². The molecule has 1 N–H and O–H groups in total. The lowest BCUT2D eigenvalue weighted by atomic mass is 10.1. The SMILES string of the molecule is Cc1cc(=O)[nH]c2c(C)cc(OCc3ccccc3)cc12. The molecule has 3 rings (SSSR count). The maximum atomic E-state index is 11.6. The van der Waals surface area contributed by atoms with Crippen molar-refractivity contribution in [2.45, 2.75) is 20.5 Å². The Labute approximate surface area is 123 Å². The zero-order valence-electron chi connectivity index (χ0n) is 12.1. The summed E-state index contributed by atoms with van der Waals surface area (Å²) in [7, 11) is 0. The number of aromatic amines is 1. The van der Waals surface area contributed by atoms with Crippen LogP contribution < -0.4 is 10.3 Å². The van der Waals surface area contributed by atoms with Crippen LogP contribution in [-0.4, -0.2) is 4.98 Å². The molecule has 21 heavy (non-hydrogen) atoms. The highest BCUT2D eigenvalue weighted by Crippen LogP contribution is 2.25. The van der Waals surface area contributed by atoms with E-state index in [1.54, 1.807) is 6.07 Å². The van der Waals surface area contributed by atoms with E-state index < -0.39 is 0 Å². The minimum atomic E-state index is -0.0685. The summed E-state index contributed by atoms with van der Waals surface area (Å²) in [6.45, 7) is 4.46. The average molecular weight is 279 g/mol. The van der Waals surface area contributed by atoms with E-state index in [1.807, 2.05) is 56.3 Å². The molecule has 3 heteroatoms. The summed E-state index contributed by atoms with van der Waals surface area (Å²) in [5, 5.41) is 1.03. The van der Waals surface area contributed by atoms with Crippen molar-refractivity contribution in [2.24, 2.45) is 0 Å². The standard InChI is InChI=1S/C18H17NO2/c1-12-9-17(20)19-18-13(2)8-15(10-16(12)18)21-11-14-6-4-3-5-7-14/h3-10H,11H2,1-2H3,(H,19,20). The van der Waals surface area contributed by atoms with Crippen molar-refractivity contribution in [1.82, 2.24) is 4.98 Å². The third-order valence-corrected chi connectivity index (χ3v) is 3.58. The van der Waals surface area contributed by atoms with Crippen LogP contribution in [0.5, 0.6) is 5.75 Å². The molecule has 106 valence electrons. The second kappa shape index (κ2) is 5.44. The largest absolute Gasteiger partial charge is 0.489 e. The molecule has 3 nitrogen and oxygen atoms in total. The zero-order chi connectivity index (χ0) is 14.8. The number of benzene rings is 2. The summed E-state index contributed by atoms with van der Waals surface area (Å²) in [5.41, 5.74) is 3.92. The van der Waals surface area contributed by atoms with Gasteiger partial charge in [-0.05, 0) is 42.7 Å². The number of ether oxygens (including phenoxy) is 1. The summed E-state index contributed by atoms with van der Waals surface area (Å²) in [6.07, 6.45) is 0. The molecule has 3 aromatic rings. The van der Waals surface area contributed by atoms with E-state index in [2.05, 4.69) is 4.98 Å². The van der Waals surface area contributed by atoms with Crippen LogP contribution in [0, 0.1) is 13.8 Å². The number of rotatable bonds is 3. The predicted octanol–water partition coefficient (Wildman–Crippen LogP) is 3.72. The van der Waals surface area contributed by atoms with Crippen LogP contribution in [0.3, 0.4) is 0 Å². The van der Waals surface area contributed by atoms with Crippen molar-refractivity contribution in [3.05, 3.63) is 75.6 Å². The highest BCUT2D eigenvalue weighted by Gasteiger charge is 2.06. The van der Waals surface area contributed by atoms with Gasteiger partial charge in [0.05, 0.1) is 5.52 Å². The normalized spacial score (nSPS) is 10.8. The quantitative estimate of drug-likeness (QED) is 0.794. The lowest BCUT2D eigenvalue weighted by Crippen LogP contribution is -2.06. The van der Waals surface area contributed by atoms with Gasteiger partial charge in [-0.1, -0.05) is 30.3 Å². The molecule has 0 unspecified atom stereocenters. The lowest BCUT2D eigenvalue weighted by molar-refractivity contribution is 0.306. The third-order valence-electron chi connectivity index (χ3n) is 3.58. The first-order chi connectivity index (χ1) is 10.1. The van der Waals surface area contributed by atoms with Gasteiger partial charge in [0.15, 0.2) is 0 Å². The summed E-state index contributed by atoms with van der Waals surface area (Å²) < 4.78 is 5.87. The molecular weight excluding hydrogens is 262 g/mol. The number of aromatic nitrogens is 1. The highest BCUT2D eigenvalue weighted by atomic mass is 16.5. The van der Waals surface area contributed by atoms with Crippen LogP contribution >= 0.6 is 0 Å². The molecule has 0 aliphatic heterocycles. The van der Waals surface area contributed by atoms with E-state index in [1.165, 1.54) is 0 Å². The van der Waals surface area contributed by atoms with Crippen LogP contribution in [-0.2, 0) is 6.61 Å². The Morgan fingerprint density at radius 3 is 2.52 bits per heavy atom. The predicted molar refractivity (Wildman–Crippen MR) is 84.8 cm³/mol. The van der Waals surface area contributed by atoms with Gasteiger partial charge in [0.1, 0.15) is 12.4 Å². The summed E-state index contributed by atoms with van der Waals surface area (Å²) in [5.74, 6) is 0.819. The summed E-state index contributed by atoms with van der Waals surface area (Å²) in [4.78, 5) is 14.5. The molecule has 0 saturated carbocycles. The molecular formula is C18H17NO2. The molecule has 2 aromatic carbocycles. The van der Waals surface area contributed by atoms with E-state index in [0.717, 1.165) is 33.3 Å². The Kier molecular flexibility index (Phi) is 3.48. The van der Waals surface area contributed by atoms with E-state index in [0.29, 0.717) is 6.61 Å². The zero-order valence-corrected chi connectivity index (χ0v) is 12.1. The van der Waals surface area contributed by atoms with Crippen molar-refractivity contribution >= 4 is 10.9 Å². The lowest BCUT2D eigenvalue weighted by Gasteiger charge is -2.11. The number of hydrogen-bond acceptors (Lipinski definition) is 2. The van der Waals surface area contributed by atoms with Gasteiger partial charge in [-0.3, -0.25) is 4.79 Å². The first-order valence-corrected chi connectivity index (χ1v) is 6.94. The first-order valence-electron chi connectivity index (χ1n) is 6.94. The number of H-pyrrole nitrogens is 1. The molecule has 1 heterocycles. The van der Waals surface area contributed by atoms with Crippen LogP contribution in [0.4, 0.5) is 0 Å². The molecule has 0 spiro atoms. The van der Waals surface area contributed by atoms with Crippen molar-refractivity contribution in [3.63, 3.8) is 0 Å². The van der Waals surface area contributed by atoms with Crippen LogP contribution in [0.15, 0.2) is 53.3 Å². The van der Waals surface area contributed by atoms with Gasteiger partial charge < -0.3 is 9.72 Å². The first kappa shape index (κ1) is 13.4. The van der Waals surface area contributed by atoms with E-state index >= 15 is 0 Å². The Hall–Kier alpha value is -2.55. The monoisotopic (exact) mass is 279 g/mol. The Morgan fingerprint density at radius 1 is 1.00 bits per heavy atom. The molecule has 0 atom stereocenters. The van der Waals surface area contributed by atoms with Gasteiger partial charge in [-0.25, -0.2) is 0 Å². The minimum absolute atomic E-state index is 0.0685.